The van der Waals surface area contributed by atoms with Crippen LogP contribution in [0.4, 0.5) is 17.1 Å². The summed E-state index contributed by atoms with van der Waals surface area (Å²) in [5, 5.41) is 9.91. The lowest BCUT2D eigenvalue weighted by Gasteiger charge is -2.26. The summed E-state index contributed by atoms with van der Waals surface area (Å²) in [6.07, 6.45) is 0. The SMILES string of the molecule is c1ccc(N(c2ccc(-c3cc(-c4ccc5c(c4)c4ccccc4n5-c4ccccc4)cc(-c4ccc5c(c4)c4c6ccccc6ccc4n5-c4ccccc4)c3)cc2)c2ccc3ccccc3c2)cc1. The van der Waals surface area contributed by atoms with Crippen LogP contribution in [0.5, 0.6) is 0 Å². The molecule has 14 aromatic rings. The zero-order chi connectivity index (χ0) is 46.8. The summed E-state index contributed by atoms with van der Waals surface area (Å²) in [6, 6.07) is 99.9. The van der Waals surface area contributed by atoms with Gasteiger partial charge in [-0.3, -0.25) is 0 Å². The van der Waals surface area contributed by atoms with Crippen LogP contribution in [0.3, 0.4) is 0 Å². The van der Waals surface area contributed by atoms with E-state index < -0.39 is 0 Å². The first-order valence-corrected chi connectivity index (χ1v) is 24.4. The Morgan fingerprint density at radius 3 is 1.37 bits per heavy atom. The zero-order valence-electron chi connectivity index (χ0n) is 38.8. The number of rotatable bonds is 8. The number of benzene rings is 12. The van der Waals surface area contributed by atoms with E-state index in [9.17, 15) is 0 Å². The highest BCUT2D eigenvalue weighted by molar-refractivity contribution is 6.22. The number of para-hydroxylation sites is 4. The number of nitrogens with zero attached hydrogens (tertiary/aromatic N) is 3. The van der Waals surface area contributed by atoms with Crippen LogP contribution in [0.1, 0.15) is 0 Å². The van der Waals surface area contributed by atoms with Crippen LogP contribution in [0.25, 0.3) is 110 Å². The highest BCUT2D eigenvalue weighted by atomic mass is 15.1. The van der Waals surface area contributed by atoms with Gasteiger partial charge in [-0.1, -0.05) is 158 Å². The molecule has 2 aromatic heterocycles. The molecule has 0 spiro atoms. The van der Waals surface area contributed by atoms with Crippen molar-refractivity contribution >= 4 is 82.2 Å². The Kier molecular flexibility index (Phi) is 9.53. The topological polar surface area (TPSA) is 13.1 Å². The fourth-order valence-corrected chi connectivity index (χ4v) is 11.1. The van der Waals surface area contributed by atoms with Gasteiger partial charge in [-0.15, -0.1) is 0 Å². The predicted molar refractivity (Wildman–Crippen MR) is 301 cm³/mol. The molecule has 0 aliphatic rings. The maximum Gasteiger partial charge on any atom is 0.0547 e. The number of hydrogen-bond donors (Lipinski definition) is 0. The summed E-state index contributed by atoms with van der Waals surface area (Å²) >= 11 is 0. The van der Waals surface area contributed by atoms with Crippen molar-refractivity contribution in [2.24, 2.45) is 0 Å². The second-order valence-corrected chi connectivity index (χ2v) is 18.6. The van der Waals surface area contributed by atoms with Crippen LogP contribution >= 0.6 is 0 Å². The quantitative estimate of drug-likeness (QED) is 0.148. The lowest BCUT2D eigenvalue weighted by molar-refractivity contribution is 1.18. The first-order chi connectivity index (χ1) is 35.2. The van der Waals surface area contributed by atoms with Gasteiger partial charge in [0.2, 0.25) is 0 Å². The first kappa shape index (κ1) is 40.6. The molecule has 0 saturated heterocycles. The van der Waals surface area contributed by atoms with Crippen LogP contribution in [-0.4, -0.2) is 9.13 Å². The highest BCUT2D eigenvalue weighted by Gasteiger charge is 2.19. The maximum atomic E-state index is 2.42. The van der Waals surface area contributed by atoms with E-state index in [0.717, 1.165) is 39.6 Å². The molecule has 71 heavy (non-hydrogen) atoms. The predicted octanol–water partition coefficient (Wildman–Crippen LogP) is 18.7. The van der Waals surface area contributed by atoms with Crippen LogP contribution < -0.4 is 4.90 Å². The molecule has 0 N–H and O–H groups in total. The molecule has 0 unspecified atom stereocenters. The van der Waals surface area contributed by atoms with Gasteiger partial charge in [-0.25, -0.2) is 0 Å². The summed E-state index contributed by atoms with van der Waals surface area (Å²) in [4.78, 5) is 2.35. The Bertz CT molecular complexity index is 4320. The molecule has 3 nitrogen and oxygen atoms in total. The van der Waals surface area contributed by atoms with E-state index in [-0.39, 0.29) is 0 Å². The van der Waals surface area contributed by atoms with E-state index in [1.807, 2.05) is 0 Å². The molecule has 2 heterocycles. The molecule has 0 saturated carbocycles. The molecule has 0 bridgehead atoms. The third-order valence-electron chi connectivity index (χ3n) is 14.4. The van der Waals surface area contributed by atoms with E-state index >= 15 is 0 Å². The van der Waals surface area contributed by atoms with Crippen molar-refractivity contribution in [2.45, 2.75) is 0 Å². The molecule has 0 fully saturated rings. The van der Waals surface area contributed by atoms with Crippen molar-refractivity contribution in [3.05, 3.63) is 273 Å². The smallest absolute Gasteiger partial charge is 0.0547 e. The minimum Gasteiger partial charge on any atom is -0.310 e. The van der Waals surface area contributed by atoms with Gasteiger partial charge < -0.3 is 14.0 Å². The maximum absolute atomic E-state index is 2.42. The largest absolute Gasteiger partial charge is 0.310 e. The molecule has 12 aromatic carbocycles. The normalized spacial score (nSPS) is 11.7. The van der Waals surface area contributed by atoms with E-state index in [0.29, 0.717) is 0 Å². The van der Waals surface area contributed by atoms with Gasteiger partial charge in [0, 0.05) is 50.0 Å². The highest BCUT2D eigenvalue weighted by Crippen LogP contribution is 2.43. The van der Waals surface area contributed by atoms with Crippen molar-refractivity contribution < 1.29 is 0 Å². The number of hydrogen-bond acceptors (Lipinski definition) is 1. The second kappa shape index (κ2) is 16.7. The van der Waals surface area contributed by atoms with E-state index in [1.54, 1.807) is 0 Å². The minimum absolute atomic E-state index is 1.10. The van der Waals surface area contributed by atoms with Gasteiger partial charge in [0.1, 0.15) is 0 Å². The van der Waals surface area contributed by atoms with Crippen LogP contribution in [0.2, 0.25) is 0 Å². The minimum atomic E-state index is 1.10. The molecule has 0 radical (unpaired) electrons. The molecule has 0 aliphatic heterocycles. The molecule has 0 amide bonds. The van der Waals surface area contributed by atoms with Crippen molar-refractivity contribution in [3.63, 3.8) is 0 Å². The average Bonchev–Trinajstić information content (AvgIpc) is 3.96. The van der Waals surface area contributed by atoms with Gasteiger partial charge in [0.25, 0.3) is 0 Å². The van der Waals surface area contributed by atoms with Crippen LogP contribution in [0.15, 0.2) is 273 Å². The lowest BCUT2D eigenvalue weighted by atomic mass is 9.92. The molecule has 332 valence electrons. The standard InChI is InChI=1S/C68H45N3/c1-4-19-55(20-5-1)69(59-36-30-46-16-10-11-18-49(46)43-59)58-34-28-47(29-35-58)52-40-53(50-32-37-65-62(44-50)61-26-14-15-27-64(61)70(65)56-21-6-2-7-22-56)42-54(41-52)51-33-38-66-63(45-51)68-60-25-13-12-17-48(60)31-39-67(68)71(66)57-23-8-3-9-24-57/h1-45H. The monoisotopic (exact) mass is 903 g/mol. The molecule has 0 aliphatic carbocycles. The summed E-state index contributed by atoms with van der Waals surface area (Å²) in [7, 11) is 0. The first-order valence-electron chi connectivity index (χ1n) is 24.4. The van der Waals surface area contributed by atoms with E-state index in [2.05, 4.69) is 287 Å². The van der Waals surface area contributed by atoms with Gasteiger partial charge in [0.15, 0.2) is 0 Å². The van der Waals surface area contributed by atoms with Crippen molar-refractivity contribution in [1.29, 1.82) is 0 Å². The fraction of sp³-hybridized carbons (Fsp3) is 0. The van der Waals surface area contributed by atoms with Crippen LogP contribution in [-0.2, 0) is 0 Å². The Morgan fingerprint density at radius 2 is 0.676 bits per heavy atom. The second-order valence-electron chi connectivity index (χ2n) is 18.6. The summed E-state index contributed by atoms with van der Waals surface area (Å²) in [5.41, 5.74) is 17.4. The Labute approximate surface area is 412 Å². The Balaban J connectivity index is 0.961. The number of fused-ring (bicyclic) bond motifs is 9. The van der Waals surface area contributed by atoms with Crippen LogP contribution in [0, 0.1) is 0 Å². The molecule has 14 rings (SSSR count). The zero-order valence-corrected chi connectivity index (χ0v) is 38.8. The third kappa shape index (κ3) is 6.89. The summed E-state index contributed by atoms with van der Waals surface area (Å²) < 4.78 is 4.81. The van der Waals surface area contributed by atoms with Crippen molar-refractivity contribution in [1.82, 2.24) is 9.13 Å². The Morgan fingerprint density at radius 1 is 0.225 bits per heavy atom. The van der Waals surface area contributed by atoms with Gasteiger partial charge in [-0.05, 0) is 170 Å². The van der Waals surface area contributed by atoms with Gasteiger partial charge in [-0.2, -0.15) is 0 Å². The number of anilines is 3. The fourth-order valence-electron chi connectivity index (χ4n) is 11.1. The Hall–Kier alpha value is -9.44. The van der Waals surface area contributed by atoms with E-state index in [1.165, 1.54) is 87.4 Å². The van der Waals surface area contributed by atoms with Gasteiger partial charge in [0.05, 0.1) is 22.1 Å². The number of aromatic nitrogens is 2. The summed E-state index contributed by atoms with van der Waals surface area (Å²) in [6.45, 7) is 0. The molecular formula is C68H45N3. The van der Waals surface area contributed by atoms with Crippen molar-refractivity contribution in [2.75, 3.05) is 4.90 Å². The molecular weight excluding hydrogens is 859 g/mol. The average molecular weight is 904 g/mol. The van der Waals surface area contributed by atoms with Gasteiger partial charge >= 0.3 is 0 Å². The molecule has 3 heteroatoms. The van der Waals surface area contributed by atoms with E-state index in [4.69, 9.17) is 0 Å². The molecule has 0 atom stereocenters. The van der Waals surface area contributed by atoms with Crippen molar-refractivity contribution in [3.8, 4) is 44.8 Å². The summed E-state index contributed by atoms with van der Waals surface area (Å²) in [5.74, 6) is 0. The lowest BCUT2D eigenvalue weighted by Crippen LogP contribution is -2.09. The third-order valence-corrected chi connectivity index (χ3v) is 14.4.